The predicted octanol–water partition coefficient (Wildman–Crippen LogP) is 0.694. The van der Waals surface area contributed by atoms with Crippen LogP contribution in [0, 0.1) is 0 Å². The van der Waals surface area contributed by atoms with E-state index in [1.807, 2.05) is 0 Å². The summed E-state index contributed by atoms with van der Waals surface area (Å²) in [7, 11) is -3.29. The number of aliphatic hydroxyl groups is 1. The van der Waals surface area contributed by atoms with Gasteiger partial charge in [-0.05, 0) is 37.1 Å². The van der Waals surface area contributed by atoms with Crippen molar-refractivity contribution < 1.29 is 13.5 Å². The second-order valence-corrected chi connectivity index (χ2v) is 6.98. The molecule has 2 rings (SSSR count). The van der Waals surface area contributed by atoms with Crippen LogP contribution in [-0.2, 0) is 22.4 Å². The molecule has 0 aliphatic carbocycles. The van der Waals surface area contributed by atoms with Gasteiger partial charge in [0, 0.05) is 13.1 Å². The fourth-order valence-electron chi connectivity index (χ4n) is 2.38. The van der Waals surface area contributed by atoms with Gasteiger partial charge in [-0.2, -0.15) is 0 Å². The Hall–Kier alpha value is -0.950. The van der Waals surface area contributed by atoms with E-state index in [-0.39, 0.29) is 12.4 Å². The highest BCUT2D eigenvalue weighted by Crippen LogP contribution is 2.08. The molecule has 0 radical (unpaired) electrons. The van der Waals surface area contributed by atoms with Crippen LogP contribution in [0.2, 0.25) is 0 Å². The fourth-order valence-corrected chi connectivity index (χ4v) is 3.51. The van der Waals surface area contributed by atoms with Gasteiger partial charge < -0.3 is 10.0 Å². The molecule has 0 unspecified atom stereocenters. The predicted molar refractivity (Wildman–Crippen MR) is 78.7 cm³/mol. The van der Waals surface area contributed by atoms with Crippen molar-refractivity contribution in [2.75, 3.05) is 26.2 Å². The van der Waals surface area contributed by atoms with Gasteiger partial charge in [-0.3, -0.25) is 0 Å². The van der Waals surface area contributed by atoms with E-state index < -0.39 is 10.0 Å². The fraction of sp³-hybridized carbons (Fsp3) is 0.571. The number of benzene rings is 1. The zero-order valence-corrected chi connectivity index (χ0v) is 12.4. The summed E-state index contributed by atoms with van der Waals surface area (Å²) in [6.07, 6.45) is 2.42. The smallest absolute Gasteiger partial charge is 0.215 e. The van der Waals surface area contributed by atoms with Gasteiger partial charge in [0.2, 0.25) is 10.0 Å². The second-order valence-electron chi connectivity index (χ2n) is 5.18. The van der Waals surface area contributed by atoms with E-state index in [1.165, 1.54) is 12.8 Å². The van der Waals surface area contributed by atoms with Crippen molar-refractivity contribution in [3.63, 3.8) is 0 Å². The van der Waals surface area contributed by atoms with Gasteiger partial charge in [0.1, 0.15) is 0 Å². The quantitative estimate of drug-likeness (QED) is 0.777. The van der Waals surface area contributed by atoms with Crippen LogP contribution in [0.15, 0.2) is 24.3 Å². The number of sulfonamides is 1. The number of nitrogens with zero attached hydrogens (tertiary/aromatic N) is 1. The lowest BCUT2D eigenvalue weighted by molar-refractivity contribution is 0.282. The molecular formula is C14H22N2O3S. The Morgan fingerprint density at radius 2 is 1.70 bits per heavy atom. The van der Waals surface area contributed by atoms with E-state index in [4.69, 9.17) is 5.11 Å². The summed E-state index contributed by atoms with van der Waals surface area (Å²) in [6.45, 7) is 3.37. The Balaban J connectivity index is 1.79. The molecule has 0 bridgehead atoms. The maximum atomic E-state index is 11.9. The normalized spacial score (nSPS) is 16.6. The molecule has 112 valence electrons. The maximum absolute atomic E-state index is 11.9. The Labute approximate surface area is 120 Å². The highest BCUT2D eigenvalue weighted by molar-refractivity contribution is 7.88. The largest absolute Gasteiger partial charge is 0.392 e. The minimum Gasteiger partial charge on any atom is -0.392 e. The van der Waals surface area contributed by atoms with Crippen LogP contribution in [0.5, 0.6) is 0 Å². The van der Waals surface area contributed by atoms with Crippen LogP contribution in [0.25, 0.3) is 0 Å². The molecule has 0 aromatic heterocycles. The van der Waals surface area contributed by atoms with Gasteiger partial charge in [-0.25, -0.2) is 13.1 Å². The molecule has 20 heavy (non-hydrogen) atoms. The topological polar surface area (TPSA) is 69.6 Å². The van der Waals surface area contributed by atoms with Crippen molar-refractivity contribution >= 4 is 10.0 Å². The van der Waals surface area contributed by atoms with E-state index in [1.54, 1.807) is 24.3 Å². The molecule has 1 heterocycles. The first-order valence-electron chi connectivity index (χ1n) is 6.97. The minimum atomic E-state index is -3.29. The number of likely N-dealkylation sites (tertiary alicyclic amines) is 1. The van der Waals surface area contributed by atoms with Crippen molar-refractivity contribution in [1.82, 2.24) is 9.62 Å². The SMILES string of the molecule is O=S(=O)(Cc1ccc(CO)cc1)NCCN1CCCC1. The summed E-state index contributed by atoms with van der Waals surface area (Å²) in [5.74, 6) is -0.0152. The molecule has 1 saturated heterocycles. The van der Waals surface area contributed by atoms with Crippen LogP contribution >= 0.6 is 0 Å². The molecule has 5 nitrogen and oxygen atoms in total. The molecular weight excluding hydrogens is 276 g/mol. The molecule has 0 atom stereocenters. The first-order chi connectivity index (χ1) is 9.59. The number of nitrogens with one attached hydrogen (secondary N) is 1. The number of aliphatic hydroxyl groups excluding tert-OH is 1. The summed E-state index contributed by atoms with van der Waals surface area (Å²) in [6, 6.07) is 6.97. The van der Waals surface area contributed by atoms with Crippen LogP contribution in [0.3, 0.4) is 0 Å². The molecule has 1 aromatic rings. The van der Waals surface area contributed by atoms with Crippen molar-refractivity contribution in [2.24, 2.45) is 0 Å². The second kappa shape index (κ2) is 7.17. The van der Waals surface area contributed by atoms with Gasteiger partial charge in [0.15, 0.2) is 0 Å². The Kier molecular flexibility index (Phi) is 5.54. The monoisotopic (exact) mass is 298 g/mol. The third-order valence-electron chi connectivity index (χ3n) is 3.51. The summed E-state index contributed by atoms with van der Waals surface area (Å²) in [4.78, 5) is 2.28. The third-order valence-corrected chi connectivity index (χ3v) is 4.87. The number of hydrogen-bond acceptors (Lipinski definition) is 4. The van der Waals surface area contributed by atoms with Crippen molar-refractivity contribution in [2.45, 2.75) is 25.2 Å². The molecule has 1 fully saturated rings. The van der Waals surface area contributed by atoms with Crippen LogP contribution in [0.4, 0.5) is 0 Å². The highest BCUT2D eigenvalue weighted by atomic mass is 32.2. The van der Waals surface area contributed by atoms with Crippen LogP contribution in [-0.4, -0.2) is 44.6 Å². The Morgan fingerprint density at radius 3 is 2.30 bits per heavy atom. The van der Waals surface area contributed by atoms with E-state index in [0.717, 1.165) is 30.8 Å². The van der Waals surface area contributed by atoms with Crippen molar-refractivity contribution in [3.05, 3.63) is 35.4 Å². The summed E-state index contributed by atoms with van der Waals surface area (Å²) in [5.41, 5.74) is 1.52. The van der Waals surface area contributed by atoms with E-state index in [9.17, 15) is 8.42 Å². The number of hydrogen-bond donors (Lipinski definition) is 2. The van der Waals surface area contributed by atoms with E-state index >= 15 is 0 Å². The molecule has 1 aromatic carbocycles. The van der Waals surface area contributed by atoms with Crippen LogP contribution in [0.1, 0.15) is 24.0 Å². The standard InChI is InChI=1S/C14H22N2O3S/c17-11-13-3-5-14(6-4-13)12-20(18,19)15-7-10-16-8-1-2-9-16/h3-6,15,17H,1-2,7-12H2. The lowest BCUT2D eigenvalue weighted by Crippen LogP contribution is -2.34. The zero-order valence-electron chi connectivity index (χ0n) is 11.6. The zero-order chi connectivity index (χ0) is 14.4. The van der Waals surface area contributed by atoms with Gasteiger partial charge in [-0.1, -0.05) is 24.3 Å². The van der Waals surface area contributed by atoms with Crippen molar-refractivity contribution in [1.29, 1.82) is 0 Å². The molecule has 1 aliphatic heterocycles. The minimum absolute atomic E-state index is 0.0152. The summed E-state index contributed by atoms with van der Waals surface area (Å²) < 4.78 is 26.5. The Bertz CT molecular complexity index is 508. The number of rotatable bonds is 7. The van der Waals surface area contributed by atoms with Gasteiger partial charge in [0.25, 0.3) is 0 Å². The molecule has 1 aliphatic rings. The van der Waals surface area contributed by atoms with E-state index in [0.29, 0.717) is 6.54 Å². The third kappa shape index (κ3) is 4.86. The summed E-state index contributed by atoms with van der Waals surface area (Å²) >= 11 is 0. The first kappa shape index (κ1) is 15.4. The average Bonchev–Trinajstić information content (AvgIpc) is 2.92. The first-order valence-corrected chi connectivity index (χ1v) is 8.63. The molecule has 0 spiro atoms. The molecule has 2 N–H and O–H groups in total. The lowest BCUT2D eigenvalue weighted by atomic mass is 10.2. The highest BCUT2D eigenvalue weighted by Gasteiger charge is 2.14. The lowest BCUT2D eigenvalue weighted by Gasteiger charge is -2.14. The molecule has 0 saturated carbocycles. The maximum Gasteiger partial charge on any atom is 0.215 e. The van der Waals surface area contributed by atoms with Gasteiger partial charge >= 0.3 is 0 Å². The average molecular weight is 298 g/mol. The summed E-state index contributed by atoms with van der Waals surface area (Å²) in [5, 5.41) is 8.95. The van der Waals surface area contributed by atoms with Crippen molar-refractivity contribution in [3.8, 4) is 0 Å². The van der Waals surface area contributed by atoms with E-state index in [2.05, 4.69) is 9.62 Å². The molecule has 0 amide bonds. The van der Waals surface area contributed by atoms with Crippen LogP contribution < -0.4 is 4.72 Å². The Morgan fingerprint density at radius 1 is 1.10 bits per heavy atom. The van der Waals surface area contributed by atoms with Gasteiger partial charge in [-0.15, -0.1) is 0 Å². The molecule has 6 heteroatoms. The van der Waals surface area contributed by atoms with Gasteiger partial charge in [0.05, 0.1) is 12.4 Å².